The molecule has 0 fully saturated rings. The minimum Gasteiger partial charge on any atom is -0.463 e. The third-order valence-corrected chi connectivity index (χ3v) is 5.29. The summed E-state index contributed by atoms with van der Waals surface area (Å²) < 4.78 is 10.3. The summed E-state index contributed by atoms with van der Waals surface area (Å²) in [6, 6.07) is 0. The van der Waals surface area contributed by atoms with E-state index in [2.05, 4.69) is 6.92 Å². The standard InChI is InChI=1S/C25H46O4/c1-4-7-8-9-10-11-12-13-14-15-16-17-18-19-22-28-24(26)20-21-25(27)29-23(5-2)6-3/h20-21,23H,4-19,22H2,1-3H3/b21-20+. The molecular formula is C25H46O4. The molecule has 0 aromatic rings. The maximum Gasteiger partial charge on any atom is 0.331 e. The van der Waals surface area contributed by atoms with E-state index in [1.54, 1.807) is 0 Å². The molecule has 0 aliphatic carbocycles. The molecule has 170 valence electrons. The molecule has 0 aliphatic heterocycles. The lowest BCUT2D eigenvalue weighted by Gasteiger charge is -2.11. The Morgan fingerprint density at radius 2 is 1.03 bits per heavy atom. The molecule has 0 rings (SSSR count). The predicted octanol–water partition coefficient (Wildman–Crippen LogP) is 7.30. The Morgan fingerprint density at radius 1 is 0.621 bits per heavy atom. The molecule has 0 amide bonds. The molecule has 0 saturated carbocycles. The highest BCUT2D eigenvalue weighted by Crippen LogP contribution is 2.13. The van der Waals surface area contributed by atoms with Gasteiger partial charge in [0.1, 0.15) is 6.10 Å². The second-order valence-corrected chi connectivity index (χ2v) is 7.97. The van der Waals surface area contributed by atoms with Crippen molar-refractivity contribution in [1.29, 1.82) is 0 Å². The van der Waals surface area contributed by atoms with Gasteiger partial charge in [-0.3, -0.25) is 0 Å². The lowest BCUT2D eigenvalue weighted by atomic mass is 10.0. The van der Waals surface area contributed by atoms with E-state index in [1.165, 1.54) is 77.0 Å². The summed E-state index contributed by atoms with van der Waals surface area (Å²) in [7, 11) is 0. The topological polar surface area (TPSA) is 52.6 Å². The van der Waals surface area contributed by atoms with E-state index in [0.717, 1.165) is 37.8 Å². The van der Waals surface area contributed by atoms with E-state index in [4.69, 9.17) is 9.47 Å². The van der Waals surface area contributed by atoms with Gasteiger partial charge in [-0.1, -0.05) is 104 Å². The van der Waals surface area contributed by atoms with Gasteiger partial charge >= 0.3 is 11.9 Å². The summed E-state index contributed by atoms with van der Waals surface area (Å²) in [5.41, 5.74) is 0. The fourth-order valence-electron chi connectivity index (χ4n) is 3.31. The van der Waals surface area contributed by atoms with Crippen molar-refractivity contribution in [3.63, 3.8) is 0 Å². The molecule has 0 saturated heterocycles. The Morgan fingerprint density at radius 3 is 1.48 bits per heavy atom. The average Bonchev–Trinajstić information content (AvgIpc) is 2.73. The Kier molecular flexibility index (Phi) is 20.4. The lowest BCUT2D eigenvalue weighted by molar-refractivity contribution is -0.144. The first kappa shape index (κ1) is 27.7. The van der Waals surface area contributed by atoms with Gasteiger partial charge in [0.25, 0.3) is 0 Å². The van der Waals surface area contributed by atoms with Gasteiger partial charge < -0.3 is 9.47 Å². The minimum atomic E-state index is -0.479. The lowest BCUT2D eigenvalue weighted by Crippen LogP contribution is -2.15. The largest absolute Gasteiger partial charge is 0.463 e. The summed E-state index contributed by atoms with van der Waals surface area (Å²) in [6.45, 7) is 6.62. The molecule has 4 heteroatoms. The molecule has 0 unspecified atom stereocenters. The van der Waals surface area contributed by atoms with Crippen molar-refractivity contribution in [2.24, 2.45) is 0 Å². The van der Waals surface area contributed by atoms with Crippen molar-refractivity contribution in [3.05, 3.63) is 12.2 Å². The number of hydrogen-bond donors (Lipinski definition) is 0. The van der Waals surface area contributed by atoms with Crippen LogP contribution >= 0.6 is 0 Å². The van der Waals surface area contributed by atoms with Crippen molar-refractivity contribution >= 4 is 11.9 Å². The summed E-state index contributed by atoms with van der Waals surface area (Å²) >= 11 is 0. The molecule has 0 spiro atoms. The number of unbranched alkanes of at least 4 members (excludes halogenated alkanes) is 13. The fourth-order valence-corrected chi connectivity index (χ4v) is 3.31. The van der Waals surface area contributed by atoms with Gasteiger partial charge in [-0.2, -0.15) is 0 Å². The zero-order valence-corrected chi connectivity index (χ0v) is 19.4. The SMILES string of the molecule is CCCCCCCCCCCCCCCCOC(=O)/C=C/C(=O)OC(CC)CC. The second kappa shape index (κ2) is 21.4. The fraction of sp³-hybridized carbons (Fsp3) is 0.840. The maximum atomic E-state index is 11.6. The van der Waals surface area contributed by atoms with Crippen LogP contribution < -0.4 is 0 Å². The maximum absolute atomic E-state index is 11.6. The van der Waals surface area contributed by atoms with Crippen LogP contribution in [0.25, 0.3) is 0 Å². The van der Waals surface area contributed by atoms with Gasteiger partial charge in [0.2, 0.25) is 0 Å². The van der Waals surface area contributed by atoms with Crippen molar-refractivity contribution in [2.75, 3.05) is 6.61 Å². The van der Waals surface area contributed by atoms with Crippen LogP contribution in [0.1, 0.15) is 124 Å². The molecule has 0 N–H and O–H groups in total. The predicted molar refractivity (Wildman–Crippen MR) is 121 cm³/mol. The van der Waals surface area contributed by atoms with Crippen LogP contribution in [-0.4, -0.2) is 24.6 Å². The highest BCUT2D eigenvalue weighted by molar-refractivity contribution is 5.91. The molecule has 0 heterocycles. The molecular weight excluding hydrogens is 364 g/mol. The number of ether oxygens (including phenoxy) is 2. The van der Waals surface area contributed by atoms with Gasteiger partial charge in [-0.05, 0) is 19.3 Å². The molecule has 0 bridgehead atoms. The third-order valence-electron chi connectivity index (χ3n) is 5.29. The van der Waals surface area contributed by atoms with Crippen LogP contribution in [0.4, 0.5) is 0 Å². The Balaban J connectivity index is 3.40. The quantitative estimate of drug-likeness (QED) is 0.120. The van der Waals surface area contributed by atoms with Gasteiger partial charge in [0.05, 0.1) is 6.61 Å². The molecule has 4 nitrogen and oxygen atoms in total. The Hall–Kier alpha value is -1.32. The average molecular weight is 411 g/mol. The van der Waals surface area contributed by atoms with E-state index < -0.39 is 11.9 Å². The molecule has 0 atom stereocenters. The first-order valence-corrected chi connectivity index (χ1v) is 12.2. The number of rotatable bonds is 20. The summed E-state index contributed by atoms with van der Waals surface area (Å²) in [5, 5.41) is 0. The van der Waals surface area contributed by atoms with Gasteiger partial charge in [0.15, 0.2) is 0 Å². The van der Waals surface area contributed by atoms with Crippen molar-refractivity contribution in [2.45, 2.75) is 130 Å². The van der Waals surface area contributed by atoms with Gasteiger partial charge in [-0.25, -0.2) is 9.59 Å². The van der Waals surface area contributed by atoms with Crippen LogP contribution in [0, 0.1) is 0 Å². The minimum absolute atomic E-state index is 0.0845. The number of carbonyl (C=O) groups is 2. The van der Waals surface area contributed by atoms with Crippen LogP contribution in [0.2, 0.25) is 0 Å². The molecule has 0 radical (unpaired) electrons. The van der Waals surface area contributed by atoms with Crippen LogP contribution in [0.5, 0.6) is 0 Å². The zero-order valence-electron chi connectivity index (χ0n) is 19.4. The van der Waals surface area contributed by atoms with E-state index >= 15 is 0 Å². The van der Waals surface area contributed by atoms with Crippen molar-refractivity contribution in [3.8, 4) is 0 Å². The first-order chi connectivity index (χ1) is 14.1. The Bertz CT molecular complexity index is 413. The number of esters is 2. The van der Waals surface area contributed by atoms with Crippen LogP contribution in [0.3, 0.4) is 0 Å². The smallest absolute Gasteiger partial charge is 0.331 e. The monoisotopic (exact) mass is 410 g/mol. The van der Waals surface area contributed by atoms with E-state index in [1.807, 2.05) is 13.8 Å². The van der Waals surface area contributed by atoms with E-state index in [9.17, 15) is 9.59 Å². The van der Waals surface area contributed by atoms with E-state index in [0.29, 0.717) is 6.61 Å². The van der Waals surface area contributed by atoms with Crippen LogP contribution in [-0.2, 0) is 19.1 Å². The summed E-state index contributed by atoms with van der Waals surface area (Å²) in [4.78, 5) is 23.2. The molecule has 0 aliphatic rings. The van der Waals surface area contributed by atoms with Crippen molar-refractivity contribution in [1.82, 2.24) is 0 Å². The zero-order chi connectivity index (χ0) is 21.6. The van der Waals surface area contributed by atoms with Gasteiger partial charge in [-0.15, -0.1) is 0 Å². The Labute approximate surface area is 179 Å². The highest BCUT2D eigenvalue weighted by Gasteiger charge is 2.08. The van der Waals surface area contributed by atoms with Crippen LogP contribution in [0.15, 0.2) is 12.2 Å². The van der Waals surface area contributed by atoms with Crippen molar-refractivity contribution < 1.29 is 19.1 Å². The summed E-state index contributed by atoms with van der Waals surface area (Å²) in [6.07, 6.45) is 22.0. The number of hydrogen-bond acceptors (Lipinski definition) is 4. The summed E-state index contributed by atoms with van der Waals surface area (Å²) in [5.74, 6) is -0.951. The number of carbonyl (C=O) groups excluding carboxylic acids is 2. The molecule has 0 aromatic heterocycles. The van der Waals surface area contributed by atoms with E-state index in [-0.39, 0.29) is 6.10 Å². The molecule has 0 aromatic carbocycles. The second-order valence-electron chi connectivity index (χ2n) is 7.97. The highest BCUT2D eigenvalue weighted by atomic mass is 16.5. The normalized spacial score (nSPS) is 11.3. The van der Waals surface area contributed by atoms with Gasteiger partial charge in [0, 0.05) is 12.2 Å². The molecule has 29 heavy (non-hydrogen) atoms. The third kappa shape index (κ3) is 19.8. The first-order valence-electron chi connectivity index (χ1n) is 12.2.